The molecule has 2 N–H and O–H groups in total. The molecule has 2 rings (SSSR count). The fraction of sp³-hybridized carbons (Fsp3) is 0.462. The van der Waals surface area contributed by atoms with E-state index in [9.17, 15) is 9.59 Å². The molecule has 32 heavy (non-hydrogen) atoms. The van der Waals surface area contributed by atoms with Crippen LogP contribution in [-0.4, -0.2) is 39.2 Å². The fourth-order valence-electron chi connectivity index (χ4n) is 2.90. The van der Waals surface area contributed by atoms with E-state index >= 15 is 0 Å². The van der Waals surface area contributed by atoms with Crippen LogP contribution in [0.25, 0.3) is 0 Å². The van der Waals surface area contributed by atoms with E-state index in [0.29, 0.717) is 35.9 Å². The van der Waals surface area contributed by atoms with Crippen LogP contribution in [0.1, 0.15) is 67.2 Å². The molecule has 176 valence electrons. The van der Waals surface area contributed by atoms with E-state index in [1.165, 1.54) is 12.8 Å². The number of hydrogen-bond acceptors (Lipinski definition) is 6. The molecular weight excluding hydrogens is 404 g/mol. The molecule has 1 unspecified atom stereocenters. The van der Waals surface area contributed by atoms with Gasteiger partial charge in [0.05, 0.1) is 24.3 Å². The van der Waals surface area contributed by atoms with E-state index in [2.05, 4.69) is 13.8 Å². The molecule has 0 saturated heterocycles. The van der Waals surface area contributed by atoms with Gasteiger partial charge < -0.3 is 20.1 Å². The van der Waals surface area contributed by atoms with Gasteiger partial charge in [-0.15, -0.1) is 0 Å². The molecule has 2 aromatic carbocycles. The minimum atomic E-state index is -0.308. The summed E-state index contributed by atoms with van der Waals surface area (Å²) in [5.74, 6) is -0.0392. The Kier molecular flexibility index (Phi) is 12.6. The molecule has 0 aromatic heterocycles. The van der Waals surface area contributed by atoms with Crippen LogP contribution in [0.4, 0.5) is 11.4 Å². The van der Waals surface area contributed by atoms with Crippen molar-refractivity contribution in [2.45, 2.75) is 46.5 Å². The molecule has 6 heteroatoms. The van der Waals surface area contributed by atoms with Gasteiger partial charge in [0.1, 0.15) is 0 Å². The summed E-state index contributed by atoms with van der Waals surface area (Å²) in [5, 5.41) is 0. The zero-order valence-electron chi connectivity index (χ0n) is 20.1. The summed E-state index contributed by atoms with van der Waals surface area (Å²) in [4.78, 5) is 25.1. The van der Waals surface area contributed by atoms with Crippen LogP contribution in [0.3, 0.4) is 0 Å². The minimum absolute atomic E-state index is 0.217. The molecule has 1 atom stereocenters. The lowest BCUT2D eigenvalue weighted by Gasteiger charge is -2.15. The van der Waals surface area contributed by atoms with E-state index in [4.69, 9.17) is 15.2 Å². The summed E-state index contributed by atoms with van der Waals surface area (Å²) in [6.07, 6.45) is 4.59. The molecule has 0 aliphatic carbocycles. The normalized spacial score (nSPS) is 11.0. The van der Waals surface area contributed by atoms with Gasteiger partial charge in [-0.25, -0.2) is 9.59 Å². The highest BCUT2D eigenvalue weighted by Gasteiger charge is 2.12. The third kappa shape index (κ3) is 9.86. The number of carbonyl (C=O) groups is 2. The maximum atomic E-state index is 12.0. The molecule has 0 aliphatic rings. The monoisotopic (exact) mass is 442 g/mol. The van der Waals surface area contributed by atoms with Crippen LogP contribution in [0.15, 0.2) is 48.5 Å². The SMILES string of the molecule is CCCCC(CC)COC(=O)c1ccc(N(C)C)cc1.CCOC(=O)c1ccc(N)cc1. The number of unbranched alkanes of at least 4 members (excludes halogenated alkanes) is 1. The molecule has 0 fully saturated rings. The second-order valence-electron chi connectivity index (χ2n) is 7.80. The Balaban J connectivity index is 0.000000363. The average molecular weight is 443 g/mol. The molecule has 0 amide bonds. The van der Waals surface area contributed by atoms with E-state index in [0.717, 1.165) is 18.5 Å². The van der Waals surface area contributed by atoms with Crippen molar-refractivity contribution in [2.24, 2.45) is 5.92 Å². The molecule has 2 aromatic rings. The van der Waals surface area contributed by atoms with Crippen molar-refractivity contribution in [1.82, 2.24) is 0 Å². The minimum Gasteiger partial charge on any atom is -0.462 e. The molecule has 0 saturated carbocycles. The van der Waals surface area contributed by atoms with Crippen LogP contribution in [0.2, 0.25) is 0 Å². The standard InChI is InChI=1S/C17H27NO2.C9H11NO2/c1-5-7-8-14(6-2)13-20-17(19)15-9-11-16(12-10-15)18(3)4;1-2-12-9(11)7-3-5-8(10)6-4-7/h9-12,14H,5-8,13H2,1-4H3;3-6H,2,10H2,1H3. The number of nitrogens with two attached hydrogens (primary N) is 1. The number of anilines is 2. The van der Waals surface area contributed by atoms with Gasteiger partial charge in [-0.2, -0.15) is 0 Å². The summed E-state index contributed by atoms with van der Waals surface area (Å²) in [6.45, 7) is 7.04. The number of nitrogen functional groups attached to an aromatic ring is 1. The Morgan fingerprint density at radius 1 is 0.875 bits per heavy atom. The first-order valence-corrected chi connectivity index (χ1v) is 11.3. The Morgan fingerprint density at radius 2 is 1.41 bits per heavy atom. The second kappa shape index (κ2) is 14.9. The van der Waals surface area contributed by atoms with Crippen molar-refractivity contribution in [2.75, 3.05) is 37.9 Å². The molecule has 0 aliphatic heterocycles. The Morgan fingerprint density at radius 3 is 1.88 bits per heavy atom. The smallest absolute Gasteiger partial charge is 0.338 e. The summed E-state index contributed by atoms with van der Waals surface area (Å²) in [6, 6.07) is 14.2. The van der Waals surface area contributed by atoms with Crippen LogP contribution in [0.5, 0.6) is 0 Å². The highest BCUT2D eigenvalue weighted by molar-refractivity contribution is 5.90. The number of hydrogen-bond donors (Lipinski definition) is 1. The van der Waals surface area contributed by atoms with Gasteiger partial charge in [-0.1, -0.05) is 33.1 Å². The van der Waals surface area contributed by atoms with Gasteiger partial charge in [0.25, 0.3) is 0 Å². The summed E-state index contributed by atoms with van der Waals surface area (Å²) in [7, 11) is 3.96. The van der Waals surface area contributed by atoms with Crippen molar-refractivity contribution in [1.29, 1.82) is 0 Å². The molecule has 0 spiro atoms. The fourth-order valence-corrected chi connectivity index (χ4v) is 2.90. The largest absolute Gasteiger partial charge is 0.462 e. The Bertz CT molecular complexity index is 802. The lowest BCUT2D eigenvalue weighted by molar-refractivity contribution is 0.0427. The third-order valence-corrected chi connectivity index (χ3v) is 5.03. The number of rotatable bonds is 10. The first-order chi connectivity index (χ1) is 15.3. The van der Waals surface area contributed by atoms with Crippen molar-refractivity contribution in [3.63, 3.8) is 0 Å². The zero-order chi connectivity index (χ0) is 23.9. The highest BCUT2D eigenvalue weighted by Crippen LogP contribution is 2.16. The lowest BCUT2D eigenvalue weighted by atomic mass is 10.0. The van der Waals surface area contributed by atoms with E-state index in [-0.39, 0.29) is 11.9 Å². The predicted octanol–water partition coefficient (Wildman–Crippen LogP) is 5.57. The van der Waals surface area contributed by atoms with Crippen molar-refractivity contribution >= 4 is 23.3 Å². The van der Waals surface area contributed by atoms with Gasteiger partial charge in [-0.05, 0) is 67.8 Å². The van der Waals surface area contributed by atoms with Gasteiger partial charge in [0.2, 0.25) is 0 Å². The van der Waals surface area contributed by atoms with Gasteiger partial charge in [0, 0.05) is 25.5 Å². The number of nitrogens with zero attached hydrogens (tertiary/aromatic N) is 1. The maximum Gasteiger partial charge on any atom is 0.338 e. The van der Waals surface area contributed by atoms with E-state index < -0.39 is 0 Å². The highest BCUT2D eigenvalue weighted by atomic mass is 16.5. The molecule has 0 radical (unpaired) electrons. The van der Waals surface area contributed by atoms with Crippen LogP contribution < -0.4 is 10.6 Å². The van der Waals surface area contributed by atoms with Crippen LogP contribution >= 0.6 is 0 Å². The quantitative estimate of drug-likeness (QED) is 0.382. The van der Waals surface area contributed by atoms with Crippen LogP contribution in [0, 0.1) is 5.92 Å². The molecule has 0 bridgehead atoms. The van der Waals surface area contributed by atoms with Crippen LogP contribution in [-0.2, 0) is 9.47 Å². The first-order valence-electron chi connectivity index (χ1n) is 11.3. The number of ether oxygens (including phenoxy) is 2. The summed E-state index contributed by atoms with van der Waals surface area (Å²) < 4.78 is 10.2. The number of carbonyl (C=O) groups excluding carboxylic acids is 2. The zero-order valence-corrected chi connectivity index (χ0v) is 20.1. The van der Waals surface area contributed by atoms with Crippen molar-refractivity contribution < 1.29 is 19.1 Å². The maximum absolute atomic E-state index is 12.0. The van der Waals surface area contributed by atoms with E-state index in [1.54, 1.807) is 31.2 Å². The second-order valence-corrected chi connectivity index (χ2v) is 7.80. The molecule has 0 heterocycles. The van der Waals surface area contributed by atoms with Gasteiger partial charge >= 0.3 is 11.9 Å². The van der Waals surface area contributed by atoms with E-state index in [1.807, 2.05) is 43.3 Å². The number of esters is 2. The predicted molar refractivity (Wildman–Crippen MR) is 131 cm³/mol. The average Bonchev–Trinajstić information content (AvgIpc) is 2.80. The van der Waals surface area contributed by atoms with Gasteiger partial charge in [-0.3, -0.25) is 0 Å². The Labute approximate surface area is 192 Å². The number of benzene rings is 2. The third-order valence-electron chi connectivity index (χ3n) is 5.03. The Hall–Kier alpha value is -3.02. The molecule has 6 nitrogen and oxygen atoms in total. The lowest BCUT2D eigenvalue weighted by Crippen LogP contribution is -2.14. The first kappa shape index (κ1) is 27.0. The van der Waals surface area contributed by atoms with Crippen molar-refractivity contribution in [3.05, 3.63) is 59.7 Å². The topological polar surface area (TPSA) is 81.9 Å². The summed E-state index contributed by atoms with van der Waals surface area (Å²) in [5.41, 5.74) is 8.33. The van der Waals surface area contributed by atoms with Gasteiger partial charge in [0.15, 0.2) is 0 Å². The molecular formula is C26H38N2O4. The summed E-state index contributed by atoms with van der Waals surface area (Å²) >= 11 is 0. The van der Waals surface area contributed by atoms with Crippen molar-refractivity contribution in [3.8, 4) is 0 Å².